The molecule has 2 unspecified atom stereocenters. The first-order chi connectivity index (χ1) is 8.25. The molecule has 0 aromatic carbocycles. The van der Waals surface area contributed by atoms with Crippen LogP contribution in [0.3, 0.4) is 0 Å². The molecule has 0 radical (unpaired) electrons. The average Bonchev–Trinajstić information content (AvgIpc) is 2.60. The number of fused-ring (bicyclic) bond motifs is 1. The third-order valence-corrected chi connectivity index (χ3v) is 3.55. The van der Waals surface area contributed by atoms with Crippen LogP contribution in [-0.2, 0) is 9.59 Å². The van der Waals surface area contributed by atoms with Crippen molar-refractivity contribution in [1.82, 2.24) is 4.90 Å². The quantitative estimate of drug-likeness (QED) is 0.320. The number of allylic oxidation sites excluding steroid dienone is 2. The Morgan fingerprint density at radius 1 is 1.18 bits per heavy atom. The van der Waals surface area contributed by atoms with Crippen LogP contribution in [0, 0.1) is 24.2 Å². The van der Waals surface area contributed by atoms with Crippen molar-refractivity contribution in [3.8, 4) is 12.3 Å². The summed E-state index contributed by atoms with van der Waals surface area (Å²) < 4.78 is 0. The van der Waals surface area contributed by atoms with Gasteiger partial charge in [0.2, 0.25) is 11.8 Å². The maximum absolute atomic E-state index is 12.0. The van der Waals surface area contributed by atoms with Gasteiger partial charge in [0.15, 0.2) is 0 Å². The number of carbonyl (C=O) groups excluding carboxylic acids is 2. The number of amides is 2. The van der Waals surface area contributed by atoms with Crippen LogP contribution >= 0.6 is 0 Å². The molecule has 2 aliphatic rings. The van der Waals surface area contributed by atoms with E-state index >= 15 is 0 Å². The van der Waals surface area contributed by atoms with Gasteiger partial charge in [0.05, 0.1) is 11.8 Å². The van der Waals surface area contributed by atoms with Crippen LogP contribution in [0.15, 0.2) is 12.2 Å². The van der Waals surface area contributed by atoms with E-state index in [-0.39, 0.29) is 23.7 Å². The van der Waals surface area contributed by atoms with Crippen molar-refractivity contribution in [1.29, 1.82) is 0 Å². The average molecular weight is 231 g/mol. The summed E-state index contributed by atoms with van der Waals surface area (Å²) in [5.74, 6) is 2.41. The van der Waals surface area contributed by atoms with Gasteiger partial charge in [0.25, 0.3) is 0 Å². The highest BCUT2D eigenvalue weighted by Crippen LogP contribution is 2.35. The maximum atomic E-state index is 12.0. The molecule has 0 aromatic rings. The lowest BCUT2D eigenvalue weighted by molar-refractivity contribution is -0.139. The van der Waals surface area contributed by atoms with Gasteiger partial charge < -0.3 is 0 Å². The molecule has 3 heteroatoms. The van der Waals surface area contributed by atoms with Gasteiger partial charge in [0, 0.05) is 13.0 Å². The van der Waals surface area contributed by atoms with Gasteiger partial charge in [-0.3, -0.25) is 14.5 Å². The summed E-state index contributed by atoms with van der Waals surface area (Å²) in [5, 5.41) is 0. The van der Waals surface area contributed by atoms with Crippen molar-refractivity contribution in [2.75, 3.05) is 6.54 Å². The van der Waals surface area contributed by atoms with Crippen molar-refractivity contribution in [3.63, 3.8) is 0 Å². The maximum Gasteiger partial charge on any atom is 0.233 e. The zero-order valence-electron chi connectivity index (χ0n) is 9.89. The standard InChI is InChI=1S/C14H17NO2/c1-2-3-4-7-10-15-13(16)11-8-5-6-9-12(11)14(15)17/h1,5-6,11-12H,3-4,7-10H2. The van der Waals surface area contributed by atoms with Crippen LogP contribution in [0.2, 0.25) is 0 Å². The Hall–Kier alpha value is -1.56. The lowest BCUT2D eigenvalue weighted by atomic mass is 9.85. The summed E-state index contributed by atoms with van der Waals surface area (Å²) in [4.78, 5) is 25.5. The molecule has 2 rings (SSSR count). The molecule has 0 saturated carbocycles. The molecule has 90 valence electrons. The second-order valence-electron chi connectivity index (χ2n) is 4.65. The monoisotopic (exact) mass is 231 g/mol. The molecule has 0 aromatic heterocycles. The molecule has 2 amide bonds. The first-order valence-electron chi connectivity index (χ1n) is 6.19. The van der Waals surface area contributed by atoms with Crippen LogP contribution in [-0.4, -0.2) is 23.3 Å². The summed E-state index contributed by atoms with van der Waals surface area (Å²) in [7, 11) is 0. The fourth-order valence-electron chi connectivity index (χ4n) is 2.59. The molecule has 17 heavy (non-hydrogen) atoms. The topological polar surface area (TPSA) is 37.4 Å². The molecule has 1 aliphatic heterocycles. The van der Waals surface area contributed by atoms with Crippen molar-refractivity contribution in [3.05, 3.63) is 12.2 Å². The van der Waals surface area contributed by atoms with Gasteiger partial charge >= 0.3 is 0 Å². The molecule has 3 nitrogen and oxygen atoms in total. The van der Waals surface area contributed by atoms with Crippen molar-refractivity contribution in [2.45, 2.75) is 32.1 Å². The largest absolute Gasteiger partial charge is 0.282 e. The molecule has 2 atom stereocenters. The predicted octanol–water partition coefficient (Wildman–Crippen LogP) is 1.74. The van der Waals surface area contributed by atoms with Gasteiger partial charge in [-0.05, 0) is 25.7 Å². The highest BCUT2D eigenvalue weighted by Gasteiger charge is 2.46. The molecule has 1 saturated heterocycles. The Morgan fingerprint density at radius 2 is 1.76 bits per heavy atom. The van der Waals surface area contributed by atoms with Gasteiger partial charge in [-0.15, -0.1) is 12.3 Å². The van der Waals surface area contributed by atoms with Crippen molar-refractivity contribution >= 4 is 11.8 Å². The number of unbranched alkanes of at least 4 members (excludes halogenated alkanes) is 2. The summed E-state index contributed by atoms with van der Waals surface area (Å²) in [6.07, 6.45) is 13.0. The Morgan fingerprint density at radius 3 is 2.29 bits per heavy atom. The van der Waals surface area contributed by atoms with E-state index < -0.39 is 0 Å². The van der Waals surface area contributed by atoms with Gasteiger partial charge in [-0.2, -0.15) is 0 Å². The van der Waals surface area contributed by atoms with E-state index in [0.717, 1.165) is 25.7 Å². The lowest BCUT2D eigenvalue weighted by Gasteiger charge is -2.14. The van der Waals surface area contributed by atoms with E-state index in [2.05, 4.69) is 5.92 Å². The predicted molar refractivity (Wildman–Crippen MR) is 64.8 cm³/mol. The first kappa shape index (κ1) is 11.9. The van der Waals surface area contributed by atoms with Crippen molar-refractivity contribution < 1.29 is 9.59 Å². The van der Waals surface area contributed by atoms with Crippen LogP contribution in [0.1, 0.15) is 32.1 Å². The normalized spacial score (nSPS) is 27.1. The lowest BCUT2D eigenvalue weighted by Crippen LogP contribution is -2.32. The zero-order chi connectivity index (χ0) is 12.3. The number of imide groups is 1. The van der Waals surface area contributed by atoms with E-state index in [1.807, 2.05) is 12.2 Å². The molecule has 0 spiro atoms. The second-order valence-corrected chi connectivity index (χ2v) is 4.65. The number of hydrogen-bond donors (Lipinski definition) is 0. The molecular formula is C14H17NO2. The Bertz CT molecular complexity index is 366. The number of nitrogens with zero attached hydrogens (tertiary/aromatic N) is 1. The number of rotatable bonds is 4. The molecule has 1 fully saturated rings. The van der Waals surface area contributed by atoms with Gasteiger partial charge in [0.1, 0.15) is 0 Å². The van der Waals surface area contributed by atoms with Crippen LogP contribution in [0.25, 0.3) is 0 Å². The molecule has 1 heterocycles. The minimum Gasteiger partial charge on any atom is -0.282 e. The minimum atomic E-state index is -0.0971. The number of terminal acetylenes is 1. The number of hydrogen-bond acceptors (Lipinski definition) is 2. The van der Waals surface area contributed by atoms with E-state index in [4.69, 9.17) is 6.42 Å². The zero-order valence-corrected chi connectivity index (χ0v) is 9.89. The Kier molecular flexibility index (Phi) is 3.63. The Balaban J connectivity index is 1.94. The van der Waals surface area contributed by atoms with Gasteiger partial charge in [-0.25, -0.2) is 0 Å². The smallest absolute Gasteiger partial charge is 0.233 e. The summed E-state index contributed by atoms with van der Waals surface area (Å²) in [6, 6.07) is 0. The Labute approximate surface area is 102 Å². The number of carbonyl (C=O) groups is 2. The van der Waals surface area contributed by atoms with E-state index in [1.165, 1.54) is 4.90 Å². The molecule has 0 bridgehead atoms. The summed E-state index contributed by atoms with van der Waals surface area (Å²) in [6.45, 7) is 0.534. The SMILES string of the molecule is C#CCCCCN1C(=O)C2CC=CCC2C1=O. The van der Waals surface area contributed by atoms with E-state index in [0.29, 0.717) is 13.0 Å². The second kappa shape index (κ2) is 5.18. The van der Waals surface area contributed by atoms with Crippen molar-refractivity contribution in [2.24, 2.45) is 11.8 Å². The summed E-state index contributed by atoms with van der Waals surface area (Å²) in [5.41, 5.74) is 0. The molecular weight excluding hydrogens is 214 g/mol. The first-order valence-corrected chi connectivity index (χ1v) is 6.19. The molecule has 1 aliphatic carbocycles. The van der Waals surface area contributed by atoms with Crippen LogP contribution in [0.5, 0.6) is 0 Å². The van der Waals surface area contributed by atoms with E-state index in [9.17, 15) is 9.59 Å². The fraction of sp³-hybridized carbons (Fsp3) is 0.571. The van der Waals surface area contributed by atoms with Gasteiger partial charge in [-0.1, -0.05) is 12.2 Å². The third kappa shape index (κ3) is 2.26. The highest BCUT2D eigenvalue weighted by molar-refractivity contribution is 6.05. The van der Waals surface area contributed by atoms with Crippen LogP contribution in [0.4, 0.5) is 0 Å². The molecule has 0 N–H and O–H groups in total. The summed E-state index contributed by atoms with van der Waals surface area (Å²) >= 11 is 0. The minimum absolute atomic E-state index is 0.0186. The third-order valence-electron chi connectivity index (χ3n) is 3.55. The number of likely N-dealkylation sites (tertiary alicyclic amines) is 1. The fourth-order valence-corrected chi connectivity index (χ4v) is 2.59. The van der Waals surface area contributed by atoms with E-state index in [1.54, 1.807) is 0 Å². The highest BCUT2D eigenvalue weighted by atomic mass is 16.2. The van der Waals surface area contributed by atoms with Crippen LogP contribution < -0.4 is 0 Å².